The van der Waals surface area contributed by atoms with Gasteiger partial charge in [-0.3, -0.25) is 4.79 Å². The molecule has 0 aliphatic rings. The summed E-state index contributed by atoms with van der Waals surface area (Å²) in [7, 11) is 3.17. The van der Waals surface area contributed by atoms with Crippen molar-refractivity contribution < 1.29 is 14.3 Å². The van der Waals surface area contributed by atoms with Crippen LogP contribution in [0, 0.1) is 11.3 Å². The molecule has 0 aliphatic heterocycles. The molecule has 3 rings (SSSR count). The molecule has 7 heteroatoms. The first-order chi connectivity index (χ1) is 14.0. The first-order valence-electron chi connectivity index (χ1n) is 8.71. The lowest BCUT2D eigenvalue weighted by Crippen LogP contribution is -1.95. The number of methoxy groups -OCH3 is 2. The lowest BCUT2D eigenvalue weighted by atomic mass is 10.1. The molecule has 0 bridgehead atoms. The maximum absolute atomic E-state index is 11.5. The number of nitrogens with one attached hydrogen (secondary N) is 1. The van der Waals surface area contributed by atoms with Crippen molar-refractivity contribution >= 4 is 28.4 Å². The molecule has 2 aromatic carbocycles. The van der Waals surface area contributed by atoms with Crippen molar-refractivity contribution in [2.24, 2.45) is 0 Å². The van der Waals surface area contributed by atoms with E-state index in [4.69, 9.17) is 9.47 Å². The van der Waals surface area contributed by atoms with Gasteiger partial charge < -0.3 is 14.8 Å². The molecule has 6 nitrogen and oxygen atoms in total. The molecule has 0 spiro atoms. The number of benzene rings is 2. The second kappa shape index (κ2) is 9.04. The average Bonchev–Trinajstić information content (AvgIpc) is 3.24. The van der Waals surface area contributed by atoms with Crippen LogP contribution in [-0.2, 0) is 0 Å². The van der Waals surface area contributed by atoms with Gasteiger partial charge in [0.25, 0.3) is 0 Å². The zero-order valence-corrected chi connectivity index (χ0v) is 17.0. The van der Waals surface area contributed by atoms with Gasteiger partial charge in [-0.1, -0.05) is 12.1 Å². The number of hydrogen-bond acceptors (Lipinski definition) is 7. The molecule has 0 fully saturated rings. The Hall–Kier alpha value is -3.63. The highest BCUT2D eigenvalue weighted by Gasteiger charge is 2.12. The lowest BCUT2D eigenvalue weighted by molar-refractivity contribution is 0.101. The van der Waals surface area contributed by atoms with Crippen LogP contribution in [0.2, 0.25) is 0 Å². The summed E-state index contributed by atoms with van der Waals surface area (Å²) in [4.78, 5) is 16.1. The lowest BCUT2D eigenvalue weighted by Gasteiger charge is -2.08. The van der Waals surface area contributed by atoms with Crippen LogP contribution < -0.4 is 14.8 Å². The molecule has 0 amide bonds. The van der Waals surface area contributed by atoms with Crippen molar-refractivity contribution in [3.05, 3.63) is 64.6 Å². The summed E-state index contributed by atoms with van der Waals surface area (Å²) in [6.45, 7) is 1.51. The van der Waals surface area contributed by atoms with E-state index in [0.717, 1.165) is 16.9 Å². The Bertz CT molecular complexity index is 1110. The number of hydrogen-bond donors (Lipinski definition) is 1. The summed E-state index contributed by atoms with van der Waals surface area (Å²) in [5.74, 6) is 1.24. The van der Waals surface area contributed by atoms with Crippen LogP contribution in [-0.4, -0.2) is 25.0 Å². The molecular formula is C22H19N3O3S. The van der Waals surface area contributed by atoms with Crippen molar-refractivity contribution in [1.29, 1.82) is 5.26 Å². The smallest absolute Gasteiger partial charge is 0.161 e. The minimum Gasteiger partial charge on any atom is -0.493 e. The predicted octanol–water partition coefficient (Wildman–Crippen LogP) is 5.01. The Labute approximate surface area is 173 Å². The number of anilines is 1. The Morgan fingerprint density at radius 3 is 2.66 bits per heavy atom. The predicted molar refractivity (Wildman–Crippen MR) is 114 cm³/mol. The van der Waals surface area contributed by atoms with E-state index < -0.39 is 0 Å². The summed E-state index contributed by atoms with van der Waals surface area (Å²) in [6, 6.07) is 14.8. The SMILES string of the molecule is COc1ccc(-c2csc(C(C#N)=CNc3cccc(C(C)=O)c3)n2)cc1OC. The minimum absolute atomic E-state index is 0.0161. The third-order valence-corrected chi connectivity index (χ3v) is 5.06. The van der Waals surface area contributed by atoms with Gasteiger partial charge in [-0.05, 0) is 37.3 Å². The van der Waals surface area contributed by atoms with Gasteiger partial charge in [-0.25, -0.2) is 4.98 Å². The quantitative estimate of drug-likeness (QED) is 0.439. The van der Waals surface area contributed by atoms with E-state index in [2.05, 4.69) is 16.4 Å². The molecule has 1 N–H and O–H groups in total. The number of ketones is 1. The van der Waals surface area contributed by atoms with Crippen LogP contribution in [0.5, 0.6) is 11.5 Å². The molecule has 1 aromatic heterocycles. The number of rotatable bonds is 7. The molecule has 29 heavy (non-hydrogen) atoms. The van der Waals surface area contributed by atoms with Crippen molar-refractivity contribution in [3.8, 4) is 28.8 Å². The minimum atomic E-state index is -0.0161. The van der Waals surface area contributed by atoms with Crippen LogP contribution >= 0.6 is 11.3 Å². The fourth-order valence-corrected chi connectivity index (χ4v) is 3.45. The van der Waals surface area contributed by atoms with Crippen LogP contribution in [0.1, 0.15) is 22.3 Å². The number of Topliss-reactive ketones (excluding diaryl/α,β-unsaturated/α-hetero) is 1. The van der Waals surface area contributed by atoms with E-state index in [0.29, 0.717) is 27.6 Å². The summed E-state index contributed by atoms with van der Waals surface area (Å²) in [6.07, 6.45) is 1.59. The van der Waals surface area contributed by atoms with Gasteiger partial charge in [0, 0.05) is 28.4 Å². The molecule has 0 unspecified atom stereocenters. The van der Waals surface area contributed by atoms with E-state index in [1.807, 2.05) is 29.6 Å². The summed E-state index contributed by atoms with van der Waals surface area (Å²) in [5, 5.41) is 15.1. The van der Waals surface area contributed by atoms with Crippen LogP contribution in [0.15, 0.2) is 54.0 Å². The summed E-state index contributed by atoms with van der Waals surface area (Å²) >= 11 is 1.38. The third-order valence-electron chi connectivity index (χ3n) is 4.19. The normalized spacial score (nSPS) is 10.9. The number of nitrogens with zero attached hydrogens (tertiary/aromatic N) is 2. The van der Waals surface area contributed by atoms with Gasteiger partial charge >= 0.3 is 0 Å². The fourth-order valence-electron chi connectivity index (χ4n) is 2.65. The van der Waals surface area contributed by atoms with Crippen LogP contribution in [0.3, 0.4) is 0 Å². The number of thiazole rings is 1. The van der Waals surface area contributed by atoms with E-state index in [9.17, 15) is 10.1 Å². The Morgan fingerprint density at radius 1 is 1.17 bits per heavy atom. The Balaban J connectivity index is 1.84. The van der Waals surface area contributed by atoms with E-state index in [1.165, 1.54) is 18.3 Å². The molecule has 0 saturated heterocycles. The zero-order chi connectivity index (χ0) is 20.8. The van der Waals surface area contributed by atoms with Gasteiger partial charge in [0.2, 0.25) is 0 Å². The molecule has 0 aliphatic carbocycles. The highest BCUT2D eigenvalue weighted by Crippen LogP contribution is 2.33. The number of carbonyl (C=O) groups excluding carboxylic acids is 1. The Morgan fingerprint density at radius 2 is 1.97 bits per heavy atom. The molecule has 1 heterocycles. The average molecular weight is 405 g/mol. The molecular weight excluding hydrogens is 386 g/mol. The van der Waals surface area contributed by atoms with Crippen molar-refractivity contribution in [3.63, 3.8) is 0 Å². The second-order valence-electron chi connectivity index (χ2n) is 6.06. The molecule has 146 valence electrons. The van der Waals surface area contributed by atoms with E-state index in [-0.39, 0.29) is 5.78 Å². The fraction of sp³-hybridized carbons (Fsp3) is 0.136. The van der Waals surface area contributed by atoms with Gasteiger partial charge in [0.15, 0.2) is 17.3 Å². The molecule has 0 atom stereocenters. The molecule has 0 saturated carbocycles. The molecule has 3 aromatic rings. The Kier molecular flexibility index (Phi) is 6.27. The van der Waals surface area contributed by atoms with Crippen LogP contribution in [0.4, 0.5) is 5.69 Å². The maximum atomic E-state index is 11.5. The highest BCUT2D eigenvalue weighted by molar-refractivity contribution is 7.11. The van der Waals surface area contributed by atoms with Gasteiger partial charge in [-0.2, -0.15) is 5.26 Å². The monoisotopic (exact) mass is 405 g/mol. The van der Waals surface area contributed by atoms with Crippen molar-refractivity contribution in [1.82, 2.24) is 4.98 Å². The number of aromatic nitrogens is 1. The van der Waals surface area contributed by atoms with E-state index in [1.54, 1.807) is 38.6 Å². The zero-order valence-electron chi connectivity index (χ0n) is 16.2. The first-order valence-corrected chi connectivity index (χ1v) is 9.59. The third kappa shape index (κ3) is 4.62. The molecule has 0 radical (unpaired) electrons. The topological polar surface area (TPSA) is 84.2 Å². The second-order valence-corrected chi connectivity index (χ2v) is 6.92. The number of ether oxygens (including phenoxy) is 2. The largest absolute Gasteiger partial charge is 0.493 e. The summed E-state index contributed by atoms with van der Waals surface area (Å²) in [5.41, 5.74) is 3.33. The summed E-state index contributed by atoms with van der Waals surface area (Å²) < 4.78 is 10.6. The standard InChI is InChI=1S/C22H19N3O3S/c1-14(26)15-5-4-6-18(9-15)24-12-17(11-23)22-25-19(13-29-22)16-7-8-20(27-2)21(10-16)28-3/h4-10,12-13,24H,1-3H3. The highest BCUT2D eigenvalue weighted by atomic mass is 32.1. The van der Waals surface area contributed by atoms with Gasteiger partial charge in [-0.15, -0.1) is 11.3 Å². The van der Waals surface area contributed by atoms with Crippen molar-refractivity contribution in [2.75, 3.05) is 19.5 Å². The number of allylic oxidation sites excluding steroid dienone is 1. The van der Waals surface area contributed by atoms with E-state index >= 15 is 0 Å². The van der Waals surface area contributed by atoms with Gasteiger partial charge in [0.1, 0.15) is 16.6 Å². The maximum Gasteiger partial charge on any atom is 0.161 e. The first kappa shape index (κ1) is 20.1. The number of carbonyl (C=O) groups is 1. The van der Waals surface area contributed by atoms with Crippen LogP contribution in [0.25, 0.3) is 16.8 Å². The van der Waals surface area contributed by atoms with Crippen molar-refractivity contribution in [2.45, 2.75) is 6.92 Å². The number of nitriles is 1. The van der Waals surface area contributed by atoms with Gasteiger partial charge in [0.05, 0.1) is 19.9 Å².